The van der Waals surface area contributed by atoms with Crippen LogP contribution in [0.1, 0.15) is 61.3 Å². The highest BCUT2D eigenvalue weighted by Gasteiger charge is 2.37. The van der Waals surface area contributed by atoms with Crippen LogP contribution in [0.25, 0.3) is 0 Å². The first kappa shape index (κ1) is 19.2. The van der Waals surface area contributed by atoms with Crippen molar-refractivity contribution in [1.82, 2.24) is 0 Å². The van der Waals surface area contributed by atoms with Gasteiger partial charge in [-0.05, 0) is 43.6 Å². The summed E-state index contributed by atoms with van der Waals surface area (Å²) in [7, 11) is 0. The first-order valence-electron chi connectivity index (χ1n) is 7.81. The van der Waals surface area contributed by atoms with Gasteiger partial charge >= 0.3 is 0 Å². The van der Waals surface area contributed by atoms with Crippen LogP contribution in [0.2, 0.25) is 0 Å². The fourth-order valence-electron chi connectivity index (χ4n) is 2.91. The van der Waals surface area contributed by atoms with Gasteiger partial charge < -0.3 is 0 Å². The van der Waals surface area contributed by atoms with Crippen LogP contribution in [0.5, 0.6) is 0 Å². The number of carbonyl (C=O) groups is 4. The Hall–Kier alpha value is -1.84. The van der Waals surface area contributed by atoms with E-state index in [2.05, 4.69) is 0 Å². The largest absolute Gasteiger partial charge is 0.295 e. The Bertz CT molecular complexity index is 642. The molecule has 0 atom stereocenters. The van der Waals surface area contributed by atoms with Gasteiger partial charge in [-0.2, -0.15) is 0 Å². The molecular formula is C19H26O4. The van der Waals surface area contributed by atoms with Crippen molar-refractivity contribution in [1.29, 1.82) is 0 Å². The minimum atomic E-state index is -0.485. The molecule has 0 aromatic carbocycles. The lowest BCUT2D eigenvalue weighted by Gasteiger charge is -2.28. The predicted octanol–water partition coefficient (Wildman–Crippen LogP) is 3.39. The second-order valence-electron chi connectivity index (χ2n) is 7.75. The standard InChI is InChI=1S/C10H14O2.C9H12O2/c1-6-7(2)9(12)10(3,4)5-8(6)11;1-6-4-7(10)5-9(2,3)8(6)11/h5H2,1-4H3;4H,5H2,1-3H3. The lowest BCUT2D eigenvalue weighted by atomic mass is 9.73. The van der Waals surface area contributed by atoms with Crippen LogP contribution in [0.4, 0.5) is 0 Å². The lowest BCUT2D eigenvalue weighted by molar-refractivity contribution is -0.130. The van der Waals surface area contributed by atoms with Crippen molar-refractivity contribution >= 4 is 23.1 Å². The van der Waals surface area contributed by atoms with Crippen molar-refractivity contribution in [3.63, 3.8) is 0 Å². The van der Waals surface area contributed by atoms with E-state index in [1.807, 2.05) is 27.7 Å². The zero-order chi connectivity index (χ0) is 18.2. The molecule has 126 valence electrons. The van der Waals surface area contributed by atoms with E-state index in [0.717, 1.165) is 0 Å². The number of hydrogen-bond donors (Lipinski definition) is 0. The molecule has 0 unspecified atom stereocenters. The maximum Gasteiger partial charge on any atom is 0.164 e. The molecule has 0 spiro atoms. The van der Waals surface area contributed by atoms with Gasteiger partial charge in [-0.15, -0.1) is 0 Å². The fourth-order valence-corrected chi connectivity index (χ4v) is 2.91. The molecule has 2 aliphatic carbocycles. The first-order valence-corrected chi connectivity index (χ1v) is 7.81. The number of allylic oxidation sites excluding steroid dienone is 4. The van der Waals surface area contributed by atoms with E-state index in [-0.39, 0.29) is 23.1 Å². The zero-order valence-electron chi connectivity index (χ0n) is 15.1. The zero-order valence-corrected chi connectivity index (χ0v) is 15.1. The molecule has 0 fully saturated rings. The Kier molecular flexibility index (Phi) is 5.30. The molecular weight excluding hydrogens is 292 g/mol. The Morgan fingerprint density at radius 3 is 1.70 bits per heavy atom. The Balaban J connectivity index is 0.000000231. The minimum Gasteiger partial charge on any atom is -0.295 e. The molecule has 4 heteroatoms. The van der Waals surface area contributed by atoms with E-state index < -0.39 is 10.8 Å². The summed E-state index contributed by atoms with van der Waals surface area (Å²) in [5.74, 6) is 0.376. The highest BCUT2D eigenvalue weighted by atomic mass is 16.1. The highest BCUT2D eigenvalue weighted by Crippen LogP contribution is 2.33. The van der Waals surface area contributed by atoms with Crippen LogP contribution in [0.15, 0.2) is 22.8 Å². The molecule has 0 N–H and O–H groups in total. The molecule has 23 heavy (non-hydrogen) atoms. The average molecular weight is 318 g/mol. The third-order valence-corrected chi connectivity index (χ3v) is 4.51. The molecule has 0 aromatic rings. The second-order valence-corrected chi connectivity index (χ2v) is 7.75. The van der Waals surface area contributed by atoms with E-state index >= 15 is 0 Å². The summed E-state index contributed by atoms with van der Waals surface area (Å²) < 4.78 is 0. The van der Waals surface area contributed by atoms with Crippen LogP contribution >= 0.6 is 0 Å². The van der Waals surface area contributed by atoms with Gasteiger partial charge in [-0.3, -0.25) is 19.2 Å². The SMILES string of the molecule is CC1=C(C)C(=O)C(C)(C)CC1=O.CC1=CC(=O)CC(C)(C)C1=O. The molecule has 0 radical (unpaired) electrons. The van der Waals surface area contributed by atoms with Gasteiger partial charge in [0.2, 0.25) is 0 Å². The van der Waals surface area contributed by atoms with Gasteiger partial charge in [0.1, 0.15) is 0 Å². The molecule has 0 amide bonds. The summed E-state index contributed by atoms with van der Waals surface area (Å²) in [5.41, 5.74) is 0.901. The first-order chi connectivity index (χ1) is 10.3. The van der Waals surface area contributed by atoms with Crippen LogP contribution in [0, 0.1) is 10.8 Å². The number of rotatable bonds is 0. The van der Waals surface area contributed by atoms with Crippen molar-refractivity contribution in [3.05, 3.63) is 22.8 Å². The van der Waals surface area contributed by atoms with Gasteiger partial charge in [0.05, 0.1) is 0 Å². The summed E-state index contributed by atoms with van der Waals surface area (Å²) in [6, 6.07) is 0. The third kappa shape index (κ3) is 4.12. The quantitative estimate of drug-likeness (QED) is 0.686. The number of carbonyl (C=O) groups excluding carboxylic acids is 4. The van der Waals surface area contributed by atoms with Crippen LogP contribution < -0.4 is 0 Å². The van der Waals surface area contributed by atoms with Gasteiger partial charge in [0.25, 0.3) is 0 Å². The summed E-state index contributed by atoms with van der Waals surface area (Å²) in [4.78, 5) is 45.3. The van der Waals surface area contributed by atoms with Gasteiger partial charge in [-0.25, -0.2) is 0 Å². The minimum absolute atomic E-state index is 0.0621. The molecule has 0 aliphatic heterocycles. The van der Waals surface area contributed by atoms with Crippen molar-refractivity contribution in [2.75, 3.05) is 0 Å². The van der Waals surface area contributed by atoms with E-state index in [1.165, 1.54) is 6.08 Å². The highest BCUT2D eigenvalue weighted by molar-refractivity contribution is 6.13. The smallest absolute Gasteiger partial charge is 0.164 e. The Morgan fingerprint density at radius 1 is 0.739 bits per heavy atom. The van der Waals surface area contributed by atoms with Crippen LogP contribution in [-0.2, 0) is 19.2 Å². The molecule has 2 aliphatic rings. The molecule has 4 nitrogen and oxygen atoms in total. The molecule has 0 heterocycles. The summed E-state index contributed by atoms with van der Waals surface area (Å²) in [6.45, 7) is 12.4. The topological polar surface area (TPSA) is 68.3 Å². The van der Waals surface area contributed by atoms with Gasteiger partial charge in [0.15, 0.2) is 23.1 Å². The van der Waals surface area contributed by atoms with Crippen LogP contribution in [0.3, 0.4) is 0 Å². The van der Waals surface area contributed by atoms with E-state index in [9.17, 15) is 19.2 Å². The Labute approximate surface area is 138 Å². The fraction of sp³-hybridized carbons (Fsp3) is 0.579. The van der Waals surface area contributed by atoms with E-state index in [0.29, 0.717) is 29.6 Å². The van der Waals surface area contributed by atoms with Crippen LogP contribution in [-0.4, -0.2) is 23.1 Å². The van der Waals surface area contributed by atoms with Crippen molar-refractivity contribution in [2.24, 2.45) is 10.8 Å². The average Bonchev–Trinajstić information content (AvgIpc) is 2.40. The summed E-state index contributed by atoms with van der Waals surface area (Å²) in [5, 5.41) is 0. The monoisotopic (exact) mass is 318 g/mol. The van der Waals surface area contributed by atoms with Crippen molar-refractivity contribution in [3.8, 4) is 0 Å². The number of Topliss-reactive ketones (excluding diaryl/α,β-unsaturated/α-hetero) is 3. The maximum absolute atomic E-state index is 11.6. The predicted molar refractivity (Wildman–Crippen MR) is 89.0 cm³/mol. The molecule has 2 rings (SSSR count). The van der Waals surface area contributed by atoms with Crippen molar-refractivity contribution < 1.29 is 19.2 Å². The molecule has 0 aromatic heterocycles. The molecule has 0 saturated carbocycles. The normalized spacial score (nSPS) is 23.3. The lowest BCUT2D eigenvalue weighted by Crippen LogP contribution is -2.33. The third-order valence-electron chi connectivity index (χ3n) is 4.51. The van der Waals surface area contributed by atoms with Gasteiger partial charge in [0, 0.05) is 23.7 Å². The summed E-state index contributed by atoms with van der Waals surface area (Å²) >= 11 is 0. The van der Waals surface area contributed by atoms with Gasteiger partial charge in [-0.1, -0.05) is 27.7 Å². The summed E-state index contributed by atoms with van der Waals surface area (Å²) in [6.07, 6.45) is 2.14. The maximum atomic E-state index is 11.6. The molecule has 0 bridgehead atoms. The number of hydrogen-bond acceptors (Lipinski definition) is 4. The number of ketones is 4. The Morgan fingerprint density at radius 2 is 1.22 bits per heavy atom. The van der Waals surface area contributed by atoms with E-state index in [4.69, 9.17) is 0 Å². The van der Waals surface area contributed by atoms with Crippen molar-refractivity contribution in [2.45, 2.75) is 61.3 Å². The van der Waals surface area contributed by atoms with E-state index in [1.54, 1.807) is 20.8 Å². The molecule has 0 saturated heterocycles. The second kappa shape index (κ2) is 6.34.